The third-order valence-corrected chi connectivity index (χ3v) is 19.1. The maximum absolute atomic E-state index is 13.1. The fourth-order valence-corrected chi connectivity index (χ4v) is 12.9. The molecule has 0 rings (SSSR count). The van der Waals surface area contributed by atoms with E-state index in [-0.39, 0.29) is 25.7 Å². The second-order valence-corrected chi connectivity index (χ2v) is 30.5. The maximum atomic E-state index is 13.1. The van der Waals surface area contributed by atoms with Crippen LogP contribution in [0.1, 0.15) is 382 Å². The number of hydrogen-bond donors (Lipinski definition) is 3. The SMILES string of the molecule is CCCCCCCCCCCCCCCCC(=O)O[C@H](COC(=O)CCCCCCC)COP(=O)(O)OC[C@H](O)COP(=O)(O)OC[C@@H](COC(=O)CCCCCCCCCCCCCCC(C)C)OC(=O)CCCCCCCCCCCCCCCCCCC(C)C. The van der Waals surface area contributed by atoms with Gasteiger partial charge in [-0.05, 0) is 37.5 Å². The Balaban J connectivity index is 5.14. The van der Waals surface area contributed by atoms with Crippen molar-refractivity contribution in [3.05, 3.63) is 0 Å². The highest BCUT2D eigenvalue weighted by atomic mass is 31.2. The lowest BCUT2D eigenvalue weighted by Gasteiger charge is -2.21. The fraction of sp³-hybridized carbons (Fsp3) is 0.946. The molecule has 0 amide bonds. The minimum Gasteiger partial charge on any atom is -0.462 e. The Kier molecular flexibility index (Phi) is 64.6. The van der Waals surface area contributed by atoms with E-state index in [9.17, 15) is 43.2 Å². The number of carbonyl (C=O) groups excluding carboxylic acids is 4. The summed E-state index contributed by atoms with van der Waals surface area (Å²) in [4.78, 5) is 72.5. The molecule has 0 saturated heterocycles. The smallest absolute Gasteiger partial charge is 0.462 e. The van der Waals surface area contributed by atoms with Gasteiger partial charge in [0.15, 0.2) is 12.2 Å². The normalized spacial score (nSPS) is 14.1. The molecule has 5 atom stereocenters. The Morgan fingerprint density at radius 1 is 0.290 bits per heavy atom. The molecule has 0 fully saturated rings. The number of hydrogen-bond acceptors (Lipinski definition) is 15. The summed E-state index contributed by atoms with van der Waals surface area (Å²) in [6, 6.07) is 0. The molecule has 0 bridgehead atoms. The van der Waals surface area contributed by atoms with Crippen LogP contribution < -0.4 is 0 Å². The van der Waals surface area contributed by atoms with Gasteiger partial charge in [0.05, 0.1) is 26.4 Å². The highest BCUT2D eigenvalue weighted by Crippen LogP contribution is 2.45. The highest BCUT2D eigenvalue weighted by molar-refractivity contribution is 7.47. The summed E-state index contributed by atoms with van der Waals surface area (Å²) in [7, 11) is -9.90. The molecule has 19 heteroatoms. The topological polar surface area (TPSA) is 237 Å². The molecule has 0 aliphatic carbocycles. The molecule has 0 spiro atoms. The Morgan fingerprint density at radius 2 is 0.495 bits per heavy atom. The molecular weight excluding hydrogens is 1220 g/mol. The molecule has 0 aliphatic heterocycles. The van der Waals surface area contributed by atoms with Crippen molar-refractivity contribution in [2.75, 3.05) is 39.6 Å². The number of esters is 4. The van der Waals surface area contributed by atoms with Gasteiger partial charge in [0, 0.05) is 25.7 Å². The average Bonchev–Trinajstić information content (AvgIpc) is 1.91. The van der Waals surface area contributed by atoms with E-state index in [1.807, 2.05) is 0 Å². The molecule has 0 heterocycles. The van der Waals surface area contributed by atoms with Gasteiger partial charge in [-0.2, -0.15) is 0 Å². The lowest BCUT2D eigenvalue weighted by molar-refractivity contribution is -0.161. The zero-order valence-electron chi connectivity index (χ0n) is 60.6. The van der Waals surface area contributed by atoms with Gasteiger partial charge >= 0.3 is 39.5 Å². The number of aliphatic hydroxyl groups excluding tert-OH is 1. The summed E-state index contributed by atoms with van der Waals surface area (Å²) in [5, 5.41) is 10.6. The van der Waals surface area contributed by atoms with Crippen LogP contribution in [-0.4, -0.2) is 96.7 Å². The van der Waals surface area contributed by atoms with Crippen molar-refractivity contribution >= 4 is 39.5 Å². The molecule has 0 aromatic heterocycles. The van der Waals surface area contributed by atoms with Crippen molar-refractivity contribution < 1.29 is 80.2 Å². The highest BCUT2D eigenvalue weighted by Gasteiger charge is 2.30. The van der Waals surface area contributed by atoms with E-state index in [0.717, 1.165) is 108 Å². The molecule has 93 heavy (non-hydrogen) atoms. The quantitative estimate of drug-likeness (QED) is 0.0222. The molecule has 2 unspecified atom stereocenters. The Morgan fingerprint density at radius 3 is 0.731 bits per heavy atom. The van der Waals surface area contributed by atoms with Crippen LogP contribution in [0.25, 0.3) is 0 Å². The lowest BCUT2D eigenvalue weighted by Crippen LogP contribution is -2.30. The van der Waals surface area contributed by atoms with E-state index in [1.165, 1.54) is 193 Å². The zero-order valence-corrected chi connectivity index (χ0v) is 62.3. The van der Waals surface area contributed by atoms with Gasteiger partial charge in [0.1, 0.15) is 19.3 Å². The molecule has 0 aromatic rings. The van der Waals surface area contributed by atoms with Gasteiger partial charge in [0.25, 0.3) is 0 Å². The number of phosphoric ester groups is 2. The van der Waals surface area contributed by atoms with Crippen LogP contribution in [0.5, 0.6) is 0 Å². The minimum atomic E-state index is -4.95. The lowest BCUT2D eigenvalue weighted by atomic mass is 10.0. The summed E-state index contributed by atoms with van der Waals surface area (Å²) in [5.41, 5.74) is 0. The molecule has 552 valence electrons. The van der Waals surface area contributed by atoms with Crippen molar-refractivity contribution in [1.29, 1.82) is 0 Å². The van der Waals surface area contributed by atoms with Crippen molar-refractivity contribution in [3.8, 4) is 0 Å². The van der Waals surface area contributed by atoms with Crippen molar-refractivity contribution in [3.63, 3.8) is 0 Å². The fourth-order valence-electron chi connectivity index (χ4n) is 11.3. The van der Waals surface area contributed by atoms with Crippen LogP contribution in [0.15, 0.2) is 0 Å². The standard InChI is InChI=1S/C74H144O17P2/c1-7-9-11-13-14-15-16-17-23-30-35-40-46-52-58-73(78)90-69(62-84-71(76)56-50-42-12-10-8-2)64-88-92(80,81)86-60-68(75)61-87-93(82,83)89-65-70(63-85-72(77)57-51-45-39-34-29-26-25-28-33-38-44-49-55-67(5)6)91-74(79)59-53-47-41-36-31-24-21-19-18-20-22-27-32-37-43-48-54-66(3)4/h66-70,75H,7-65H2,1-6H3,(H,80,81)(H,82,83)/t68-,69+,70+/m0/s1. The second-order valence-electron chi connectivity index (χ2n) is 27.6. The first-order valence-electron chi connectivity index (χ1n) is 38.5. The molecule has 17 nitrogen and oxygen atoms in total. The third-order valence-electron chi connectivity index (χ3n) is 17.2. The average molecular weight is 1370 g/mol. The van der Waals surface area contributed by atoms with Crippen LogP contribution in [0, 0.1) is 11.8 Å². The van der Waals surface area contributed by atoms with Gasteiger partial charge < -0.3 is 33.8 Å². The van der Waals surface area contributed by atoms with Crippen molar-refractivity contribution in [2.45, 2.75) is 400 Å². The number of aliphatic hydroxyl groups is 1. The Bertz CT molecular complexity index is 1800. The van der Waals surface area contributed by atoms with Crippen molar-refractivity contribution in [1.82, 2.24) is 0 Å². The molecule has 0 aromatic carbocycles. The summed E-state index contributed by atoms with van der Waals surface area (Å²) >= 11 is 0. The van der Waals surface area contributed by atoms with Crippen LogP contribution in [-0.2, 0) is 65.4 Å². The maximum Gasteiger partial charge on any atom is 0.472 e. The second kappa shape index (κ2) is 66.0. The van der Waals surface area contributed by atoms with Gasteiger partial charge in [0.2, 0.25) is 0 Å². The van der Waals surface area contributed by atoms with E-state index in [2.05, 4.69) is 41.5 Å². The van der Waals surface area contributed by atoms with Crippen LogP contribution >= 0.6 is 15.6 Å². The van der Waals surface area contributed by atoms with Gasteiger partial charge in [-0.25, -0.2) is 9.13 Å². The Hall–Kier alpha value is -1.94. The van der Waals surface area contributed by atoms with E-state index >= 15 is 0 Å². The first kappa shape index (κ1) is 91.1. The number of phosphoric acid groups is 2. The van der Waals surface area contributed by atoms with E-state index in [0.29, 0.717) is 25.7 Å². The number of unbranched alkanes of at least 4 members (excludes halogenated alkanes) is 43. The first-order chi connectivity index (χ1) is 44.9. The zero-order chi connectivity index (χ0) is 68.6. The molecule has 3 N–H and O–H groups in total. The largest absolute Gasteiger partial charge is 0.472 e. The third kappa shape index (κ3) is 68.4. The van der Waals surface area contributed by atoms with Crippen LogP contribution in [0.3, 0.4) is 0 Å². The summed E-state index contributed by atoms with van der Waals surface area (Å²) in [6.07, 6.45) is 53.1. The molecule has 0 radical (unpaired) electrons. The van der Waals surface area contributed by atoms with E-state index < -0.39 is 97.5 Å². The van der Waals surface area contributed by atoms with Gasteiger partial charge in [-0.3, -0.25) is 37.3 Å². The summed E-state index contributed by atoms with van der Waals surface area (Å²) in [6.45, 7) is 9.54. The van der Waals surface area contributed by atoms with E-state index in [1.54, 1.807) is 0 Å². The number of ether oxygens (including phenoxy) is 4. The summed E-state index contributed by atoms with van der Waals surface area (Å²) in [5.74, 6) is -0.537. The van der Waals surface area contributed by atoms with Crippen molar-refractivity contribution in [2.24, 2.45) is 11.8 Å². The first-order valence-corrected chi connectivity index (χ1v) is 41.5. The van der Waals surface area contributed by atoms with Gasteiger partial charge in [-0.1, -0.05) is 330 Å². The van der Waals surface area contributed by atoms with Gasteiger partial charge in [-0.15, -0.1) is 0 Å². The Labute approximate surface area is 568 Å². The number of rotatable bonds is 73. The molecular formula is C74H144O17P2. The monoisotopic (exact) mass is 1370 g/mol. The van der Waals surface area contributed by atoms with Crippen LogP contribution in [0.4, 0.5) is 0 Å². The summed E-state index contributed by atoms with van der Waals surface area (Å²) < 4.78 is 68.2. The number of carbonyl (C=O) groups is 4. The molecule has 0 saturated carbocycles. The molecule has 0 aliphatic rings. The van der Waals surface area contributed by atoms with Crippen LogP contribution in [0.2, 0.25) is 0 Å². The van der Waals surface area contributed by atoms with E-state index in [4.69, 9.17) is 37.0 Å². The predicted octanol–water partition coefficient (Wildman–Crippen LogP) is 21.6. The predicted molar refractivity (Wildman–Crippen MR) is 377 cm³/mol. The minimum absolute atomic E-state index is 0.107.